The molecule has 122 valence electrons. The first kappa shape index (κ1) is 16.5. The molecule has 0 fully saturated rings. The minimum atomic E-state index is -0.158. The van der Waals surface area contributed by atoms with Gasteiger partial charge < -0.3 is 9.84 Å². The molecule has 3 aromatic rings. The van der Waals surface area contributed by atoms with Crippen molar-refractivity contribution in [3.8, 4) is 11.5 Å². The summed E-state index contributed by atoms with van der Waals surface area (Å²) in [7, 11) is 0. The summed E-state index contributed by atoms with van der Waals surface area (Å²) < 4.78 is 5.13. The Morgan fingerprint density at radius 1 is 1.33 bits per heavy atom. The van der Waals surface area contributed by atoms with Gasteiger partial charge in [0.25, 0.3) is 5.89 Å². The van der Waals surface area contributed by atoms with Crippen molar-refractivity contribution in [2.45, 2.75) is 11.9 Å². The standard InChI is InChI=1S/C16H13ClN4O2S/c1-10-19-16(23-21-10)11-6-7-18-15(8-11)24-9-14(22)20-13-5-3-2-4-12(13)17/h2-8H,9H2,1H3,(H,20,22). The SMILES string of the molecule is Cc1noc(-c2ccnc(SCC(=O)Nc3ccccc3Cl)c2)n1. The Morgan fingerprint density at radius 3 is 2.92 bits per heavy atom. The van der Waals surface area contributed by atoms with Crippen LogP contribution >= 0.6 is 23.4 Å². The maximum atomic E-state index is 12.0. The highest BCUT2D eigenvalue weighted by Gasteiger charge is 2.10. The lowest BCUT2D eigenvalue weighted by atomic mass is 10.3. The molecular weight excluding hydrogens is 348 g/mol. The van der Waals surface area contributed by atoms with Crippen LogP contribution in [0.15, 0.2) is 52.1 Å². The van der Waals surface area contributed by atoms with E-state index in [-0.39, 0.29) is 11.7 Å². The molecule has 0 bridgehead atoms. The molecule has 1 aromatic carbocycles. The molecule has 0 aliphatic carbocycles. The lowest BCUT2D eigenvalue weighted by molar-refractivity contribution is -0.113. The molecule has 1 amide bonds. The van der Waals surface area contributed by atoms with E-state index in [1.165, 1.54) is 11.8 Å². The number of aryl methyl sites for hydroxylation is 1. The van der Waals surface area contributed by atoms with Gasteiger partial charge in [0.2, 0.25) is 5.91 Å². The van der Waals surface area contributed by atoms with Crippen molar-refractivity contribution in [2.24, 2.45) is 0 Å². The molecule has 0 saturated heterocycles. The molecule has 0 saturated carbocycles. The molecule has 24 heavy (non-hydrogen) atoms. The topological polar surface area (TPSA) is 80.9 Å². The van der Waals surface area contributed by atoms with Crippen LogP contribution in [0, 0.1) is 6.92 Å². The van der Waals surface area contributed by atoms with Gasteiger partial charge in [-0.3, -0.25) is 4.79 Å². The number of rotatable bonds is 5. The molecule has 0 unspecified atom stereocenters. The molecule has 3 rings (SSSR count). The van der Waals surface area contributed by atoms with Crippen LogP contribution in [0.4, 0.5) is 5.69 Å². The largest absolute Gasteiger partial charge is 0.334 e. The van der Waals surface area contributed by atoms with Crippen LogP contribution in [0.1, 0.15) is 5.82 Å². The molecule has 0 spiro atoms. The summed E-state index contributed by atoms with van der Waals surface area (Å²) in [6, 6.07) is 10.7. The van der Waals surface area contributed by atoms with Crippen molar-refractivity contribution >= 4 is 35.0 Å². The first-order valence-corrected chi connectivity index (χ1v) is 8.42. The Kier molecular flexibility index (Phi) is 5.12. The number of hydrogen-bond acceptors (Lipinski definition) is 6. The van der Waals surface area contributed by atoms with Crippen molar-refractivity contribution in [1.29, 1.82) is 0 Å². The number of hydrogen-bond donors (Lipinski definition) is 1. The Bertz CT molecular complexity index is 869. The lowest BCUT2D eigenvalue weighted by Crippen LogP contribution is -2.14. The zero-order valence-corrected chi connectivity index (χ0v) is 14.3. The van der Waals surface area contributed by atoms with Gasteiger partial charge in [0, 0.05) is 11.8 Å². The van der Waals surface area contributed by atoms with Crippen LogP contribution in [0.25, 0.3) is 11.5 Å². The van der Waals surface area contributed by atoms with Crippen LogP contribution < -0.4 is 5.32 Å². The van der Waals surface area contributed by atoms with Crippen LogP contribution in [0.5, 0.6) is 0 Å². The number of carbonyl (C=O) groups is 1. The van der Waals surface area contributed by atoms with Crippen molar-refractivity contribution in [3.63, 3.8) is 0 Å². The van der Waals surface area contributed by atoms with Crippen molar-refractivity contribution < 1.29 is 9.32 Å². The number of aromatic nitrogens is 3. The second-order valence-corrected chi connectivity index (χ2v) is 6.25. The monoisotopic (exact) mass is 360 g/mol. The molecular formula is C16H13ClN4O2S. The number of nitrogens with one attached hydrogen (secondary N) is 1. The predicted molar refractivity (Wildman–Crippen MR) is 93.1 cm³/mol. The van der Waals surface area contributed by atoms with E-state index in [1.54, 1.807) is 43.5 Å². The number of anilines is 1. The zero-order valence-electron chi connectivity index (χ0n) is 12.7. The van der Waals surface area contributed by atoms with Gasteiger partial charge in [-0.25, -0.2) is 4.98 Å². The average Bonchev–Trinajstić information content (AvgIpc) is 3.02. The molecule has 8 heteroatoms. The van der Waals surface area contributed by atoms with E-state index < -0.39 is 0 Å². The molecule has 2 aromatic heterocycles. The summed E-state index contributed by atoms with van der Waals surface area (Å²) >= 11 is 7.33. The van der Waals surface area contributed by atoms with E-state index >= 15 is 0 Å². The fraction of sp³-hybridized carbons (Fsp3) is 0.125. The van der Waals surface area contributed by atoms with Gasteiger partial charge >= 0.3 is 0 Å². The smallest absolute Gasteiger partial charge is 0.258 e. The molecule has 0 atom stereocenters. The van der Waals surface area contributed by atoms with E-state index in [1.807, 2.05) is 6.07 Å². The van der Waals surface area contributed by atoms with Crippen molar-refractivity contribution in [2.75, 3.05) is 11.1 Å². The summed E-state index contributed by atoms with van der Waals surface area (Å²) in [6.07, 6.45) is 1.64. The molecule has 0 aliphatic rings. The van der Waals surface area contributed by atoms with Gasteiger partial charge in [-0.2, -0.15) is 4.98 Å². The minimum Gasteiger partial charge on any atom is -0.334 e. The summed E-state index contributed by atoms with van der Waals surface area (Å²) in [5.41, 5.74) is 1.35. The highest BCUT2D eigenvalue weighted by Crippen LogP contribution is 2.24. The van der Waals surface area contributed by atoms with E-state index in [9.17, 15) is 4.79 Å². The second kappa shape index (κ2) is 7.46. The van der Waals surface area contributed by atoms with Crippen LogP contribution in [-0.4, -0.2) is 26.8 Å². The van der Waals surface area contributed by atoms with Crippen LogP contribution in [0.3, 0.4) is 0 Å². The van der Waals surface area contributed by atoms with E-state index in [4.69, 9.17) is 16.1 Å². The number of halogens is 1. The molecule has 2 heterocycles. The van der Waals surface area contributed by atoms with Crippen LogP contribution in [0.2, 0.25) is 5.02 Å². The molecule has 0 aliphatic heterocycles. The summed E-state index contributed by atoms with van der Waals surface area (Å²) in [4.78, 5) is 20.4. The number of para-hydroxylation sites is 1. The zero-order chi connectivity index (χ0) is 16.9. The number of amides is 1. The first-order valence-electron chi connectivity index (χ1n) is 7.06. The van der Waals surface area contributed by atoms with Gasteiger partial charge in [-0.1, -0.05) is 40.7 Å². The minimum absolute atomic E-state index is 0.158. The van der Waals surface area contributed by atoms with Gasteiger partial charge in [0.1, 0.15) is 0 Å². The van der Waals surface area contributed by atoms with Crippen molar-refractivity contribution in [1.82, 2.24) is 15.1 Å². The number of thioether (sulfide) groups is 1. The molecule has 6 nitrogen and oxygen atoms in total. The van der Waals surface area contributed by atoms with Gasteiger partial charge in [0.15, 0.2) is 5.82 Å². The third-order valence-corrected chi connectivity index (χ3v) is 4.26. The maximum Gasteiger partial charge on any atom is 0.258 e. The van der Waals surface area contributed by atoms with E-state index in [0.29, 0.717) is 27.5 Å². The highest BCUT2D eigenvalue weighted by atomic mass is 35.5. The normalized spacial score (nSPS) is 10.6. The number of carbonyl (C=O) groups excluding carboxylic acids is 1. The first-order chi connectivity index (χ1) is 11.6. The fourth-order valence-corrected chi connectivity index (χ4v) is 2.80. The van der Waals surface area contributed by atoms with Gasteiger partial charge in [-0.05, 0) is 31.2 Å². The fourth-order valence-electron chi connectivity index (χ4n) is 1.92. The Balaban J connectivity index is 1.62. The highest BCUT2D eigenvalue weighted by molar-refractivity contribution is 7.99. The summed E-state index contributed by atoms with van der Waals surface area (Å²) in [5, 5.41) is 7.73. The van der Waals surface area contributed by atoms with Crippen LogP contribution in [-0.2, 0) is 4.79 Å². The van der Waals surface area contributed by atoms with Gasteiger partial charge in [-0.15, -0.1) is 0 Å². The maximum absolute atomic E-state index is 12.0. The third-order valence-electron chi connectivity index (χ3n) is 3.01. The Morgan fingerprint density at radius 2 is 2.17 bits per heavy atom. The van der Waals surface area contributed by atoms with E-state index in [0.717, 1.165) is 5.56 Å². The third kappa shape index (κ3) is 4.12. The number of pyridine rings is 1. The quantitative estimate of drug-likeness (QED) is 0.696. The van der Waals surface area contributed by atoms with E-state index in [2.05, 4.69) is 20.4 Å². The average molecular weight is 361 g/mol. The van der Waals surface area contributed by atoms with Gasteiger partial charge in [0.05, 0.1) is 21.5 Å². The predicted octanol–water partition coefficient (Wildman–Crippen LogP) is 3.82. The summed E-state index contributed by atoms with van der Waals surface area (Å²) in [6.45, 7) is 1.75. The second-order valence-electron chi connectivity index (χ2n) is 4.85. The Labute approximate surface area is 147 Å². The molecule has 1 N–H and O–H groups in total. The van der Waals surface area contributed by atoms with Crippen molar-refractivity contribution in [3.05, 3.63) is 53.4 Å². The lowest BCUT2D eigenvalue weighted by Gasteiger charge is -2.06. The Hall–Kier alpha value is -2.38. The molecule has 0 radical (unpaired) electrons. The summed E-state index contributed by atoms with van der Waals surface area (Å²) in [5.74, 6) is 1.05. The number of nitrogens with zero attached hydrogens (tertiary/aromatic N) is 3. The number of benzene rings is 1.